The highest BCUT2D eigenvalue weighted by molar-refractivity contribution is 5.86. The van der Waals surface area contributed by atoms with Crippen molar-refractivity contribution in [1.29, 1.82) is 0 Å². The van der Waals surface area contributed by atoms with Gasteiger partial charge in [-0.05, 0) is 13.8 Å². The van der Waals surface area contributed by atoms with Crippen molar-refractivity contribution in [2.45, 2.75) is 32.8 Å². The van der Waals surface area contributed by atoms with Gasteiger partial charge in [-0.25, -0.2) is 4.79 Å². The van der Waals surface area contributed by atoms with Crippen LogP contribution < -0.4 is 0 Å². The van der Waals surface area contributed by atoms with Crippen LogP contribution in [0.25, 0.3) is 0 Å². The van der Waals surface area contributed by atoms with Gasteiger partial charge >= 0.3 is 5.97 Å². The van der Waals surface area contributed by atoms with Gasteiger partial charge in [-0.3, -0.25) is 4.79 Å². The molecule has 0 heterocycles. The molecule has 80 valence electrons. The van der Waals surface area contributed by atoms with E-state index in [1.165, 1.54) is 6.92 Å². The zero-order valence-corrected chi connectivity index (χ0v) is 8.58. The van der Waals surface area contributed by atoms with E-state index in [-0.39, 0.29) is 25.2 Å². The Balaban J connectivity index is 3.59. The van der Waals surface area contributed by atoms with Crippen molar-refractivity contribution in [2.75, 3.05) is 6.61 Å². The maximum absolute atomic E-state index is 10.9. The standard InChI is InChI=1S/C10H16O4/c1-7(2)10(13)14-5-4-9(12)6-8(3)11/h9,12H,1,4-6H2,2-3H3. The molecule has 14 heavy (non-hydrogen) atoms. The van der Waals surface area contributed by atoms with Gasteiger partial charge in [-0.15, -0.1) is 0 Å². The Morgan fingerprint density at radius 3 is 2.43 bits per heavy atom. The van der Waals surface area contributed by atoms with Crippen molar-refractivity contribution in [1.82, 2.24) is 0 Å². The zero-order chi connectivity index (χ0) is 11.1. The zero-order valence-electron chi connectivity index (χ0n) is 8.58. The summed E-state index contributed by atoms with van der Waals surface area (Å²) in [6, 6.07) is 0. The number of carbonyl (C=O) groups is 2. The first-order valence-corrected chi connectivity index (χ1v) is 4.43. The first kappa shape index (κ1) is 12.8. The minimum absolute atomic E-state index is 0.0799. The van der Waals surface area contributed by atoms with Crippen molar-refractivity contribution in [2.24, 2.45) is 0 Å². The van der Waals surface area contributed by atoms with Crippen LogP contribution in [0.5, 0.6) is 0 Å². The Hall–Kier alpha value is -1.16. The number of carbonyl (C=O) groups excluding carboxylic acids is 2. The fourth-order valence-corrected chi connectivity index (χ4v) is 0.845. The van der Waals surface area contributed by atoms with Gasteiger partial charge < -0.3 is 9.84 Å². The highest BCUT2D eigenvalue weighted by atomic mass is 16.5. The highest BCUT2D eigenvalue weighted by Gasteiger charge is 2.09. The minimum atomic E-state index is -0.731. The predicted molar refractivity (Wildman–Crippen MR) is 51.7 cm³/mol. The lowest BCUT2D eigenvalue weighted by Crippen LogP contribution is -2.16. The second-order valence-corrected chi connectivity index (χ2v) is 3.26. The van der Waals surface area contributed by atoms with Crippen LogP contribution in [-0.4, -0.2) is 29.6 Å². The number of hydrogen-bond acceptors (Lipinski definition) is 4. The Labute approximate surface area is 83.6 Å². The quantitative estimate of drug-likeness (QED) is 0.509. The number of aliphatic hydroxyl groups excluding tert-OH is 1. The van der Waals surface area contributed by atoms with Crippen LogP contribution in [0, 0.1) is 0 Å². The average Bonchev–Trinajstić information content (AvgIpc) is 2.02. The molecule has 0 fully saturated rings. The molecule has 1 atom stereocenters. The lowest BCUT2D eigenvalue weighted by molar-refractivity contribution is -0.139. The predicted octanol–water partition coefficient (Wildman–Crippen LogP) is 0.836. The summed E-state index contributed by atoms with van der Waals surface area (Å²) in [6.07, 6.45) is -0.353. The van der Waals surface area contributed by atoms with E-state index in [0.717, 1.165) is 0 Å². The fraction of sp³-hybridized carbons (Fsp3) is 0.600. The summed E-state index contributed by atoms with van der Waals surface area (Å²) >= 11 is 0. The summed E-state index contributed by atoms with van der Waals surface area (Å²) in [5.41, 5.74) is 0.325. The molecule has 0 aliphatic rings. The number of esters is 1. The molecule has 0 spiro atoms. The summed E-state index contributed by atoms with van der Waals surface area (Å²) in [7, 11) is 0. The molecule has 0 aliphatic carbocycles. The van der Waals surface area contributed by atoms with Crippen molar-refractivity contribution < 1.29 is 19.4 Å². The molecular formula is C10H16O4. The van der Waals surface area contributed by atoms with E-state index in [1.807, 2.05) is 0 Å². The van der Waals surface area contributed by atoms with Crippen LogP contribution in [0.4, 0.5) is 0 Å². The average molecular weight is 200 g/mol. The van der Waals surface area contributed by atoms with Gasteiger partial charge in [0.2, 0.25) is 0 Å². The molecule has 0 amide bonds. The van der Waals surface area contributed by atoms with Gasteiger partial charge in [0, 0.05) is 18.4 Å². The lowest BCUT2D eigenvalue weighted by Gasteiger charge is -2.08. The molecule has 0 bridgehead atoms. The van der Waals surface area contributed by atoms with E-state index in [4.69, 9.17) is 4.74 Å². The third-order valence-corrected chi connectivity index (χ3v) is 1.56. The molecule has 0 aromatic carbocycles. The van der Waals surface area contributed by atoms with E-state index < -0.39 is 12.1 Å². The monoisotopic (exact) mass is 200 g/mol. The van der Waals surface area contributed by atoms with Crippen LogP contribution in [0.3, 0.4) is 0 Å². The van der Waals surface area contributed by atoms with E-state index >= 15 is 0 Å². The van der Waals surface area contributed by atoms with Crippen LogP contribution in [-0.2, 0) is 14.3 Å². The highest BCUT2D eigenvalue weighted by Crippen LogP contribution is 2.00. The SMILES string of the molecule is C=C(C)C(=O)OCCC(O)CC(C)=O. The molecule has 1 N–H and O–H groups in total. The Morgan fingerprint density at radius 1 is 1.43 bits per heavy atom. The van der Waals surface area contributed by atoms with Crippen molar-refractivity contribution in [3.63, 3.8) is 0 Å². The summed E-state index contributed by atoms with van der Waals surface area (Å²) in [5, 5.41) is 9.24. The minimum Gasteiger partial charge on any atom is -0.462 e. The third-order valence-electron chi connectivity index (χ3n) is 1.56. The maximum atomic E-state index is 10.9. The molecule has 0 aliphatic heterocycles. The Morgan fingerprint density at radius 2 is 2.00 bits per heavy atom. The van der Waals surface area contributed by atoms with Gasteiger partial charge in [0.15, 0.2) is 0 Å². The van der Waals surface area contributed by atoms with Gasteiger partial charge in [0.25, 0.3) is 0 Å². The van der Waals surface area contributed by atoms with E-state index in [9.17, 15) is 14.7 Å². The molecule has 4 nitrogen and oxygen atoms in total. The number of Topliss-reactive ketones (excluding diaryl/α,β-unsaturated/α-hetero) is 1. The number of ketones is 1. The first-order chi connectivity index (χ1) is 6.43. The van der Waals surface area contributed by atoms with Gasteiger partial charge in [-0.2, -0.15) is 0 Å². The summed E-state index contributed by atoms with van der Waals surface area (Å²) < 4.78 is 4.75. The second kappa shape index (κ2) is 6.32. The Kier molecular flexibility index (Phi) is 5.79. The molecular weight excluding hydrogens is 184 g/mol. The molecule has 0 saturated carbocycles. The van der Waals surface area contributed by atoms with Gasteiger partial charge in [-0.1, -0.05) is 6.58 Å². The lowest BCUT2D eigenvalue weighted by atomic mass is 10.1. The second-order valence-electron chi connectivity index (χ2n) is 3.26. The largest absolute Gasteiger partial charge is 0.462 e. The van der Waals surface area contributed by atoms with Crippen molar-refractivity contribution in [3.8, 4) is 0 Å². The summed E-state index contributed by atoms with van der Waals surface area (Å²) in [4.78, 5) is 21.5. The molecule has 0 radical (unpaired) electrons. The van der Waals surface area contributed by atoms with E-state index in [1.54, 1.807) is 6.92 Å². The number of ether oxygens (including phenoxy) is 1. The number of aliphatic hydroxyl groups is 1. The fourth-order valence-electron chi connectivity index (χ4n) is 0.845. The van der Waals surface area contributed by atoms with Crippen LogP contribution in [0.2, 0.25) is 0 Å². The van der Waals surface area contributed by atoms with Crippen molar-refractivity contribution >= 4 is 11.8 Å². The van der Waals surface area contributed by atoms with Crippen LogP contribution >= 0.6 is 0 Å². The van der Waals surface area contributed by atoms with Crippen molar-refractivity contribution in [3.05, 3.63) is 12.2 Å². The topological polar surface area (TPSA) is 63.6 Å². The molecule has 4 heteroatoms. The normalized spacial score (nSPS) is 11.9. The first-order valence-electron chi connectivity index (χ1n) is 4.43. The van der Waals surface area contributed by atoms with E-state index in [2.05, 4.69) is 6.58 Å². The summed E-state index contributed by atoms with van der Waals surface area (Å²) in [5.74, 6) is -0.552. The van der Waals surface area contributed by atoms with Crippen LogP contribution in [0.1, 0.15) is 26.7 Å². The Bertz CT molecular complexity index is 232. The van der Waals surface area contributed by atoms with Gasteiger partial charge in [0.1, 0.15) is 5.78 Å². The molecule has 0 aromatic heterocycles. The number of rotatable bonds is 6. The smallest absolute Gasteiger partial charge is 0.333 e. The molecule has 1 unspecified atom stereocenters. The third kappa shape index (κ3) is 6.37. The van der Waals surface area contributed by atoms with E-state index in [0.29, 0.717) is 5.57 Å². The maximum Gasteiger partial charge on any atom is 0.333 e. The molecule has 0 rings (SSSR count). The van der Waals surface area contributed by atoms with Crippen LogP contribution in [0.15, 0.2) is 12.2 Å². The summed E-state index contributed by atoms with van der Waals surface area (Å²) in [6.45, 7) is 6.48. The molecule has 0 aromatic rings. The molecule has 0 saturated heterocycles. The number of hydrogen-bond donors (Lipinski definition) is 1. The van der Waals surface area contributed by atoms with Gasteiger partial charge in [0.05, 0.1) is 12.7 Å².